The van der Waals surface area contributed by atoms with Crippen LogP contribution in [0.5, 0.6) is 0 Å². The number of benzene rings is 1. The molecule has 1 rings (SSSR count). The molecule has 0 saturated heterocycles. The molecule has 0 aromatic heterocycles. The highest BCUT2D eigenvalue weighted by molar-refractivity contribution is 5.71. The molecule has 94 valence electrons. The SMILES string of the molecule is CNC(C)(CC(=O)OC)c1ccc(F)c(F)c1. The van der Waals surface area contributed by atoms with Gasteiger partial charge in [-0.15, -0.1) is 0 Å². The Balaban J connectivity index is 3.07. The van der Waals surface area contributed by atoms with Crippen molar-refractivity contribution in [3.63, 3.8) is 0 Å². The second-order valence-corrected chi connectivity index (χ2v) is 3.96. The van der Waals surface area contributed by atoms with E-state index in [2.05, 4.69) is 10.1 Å². The molecule has 1 aromatic carbocycles. The summed E-state index contributed by atoms with van der Waals surface area (Å²) >= 11 is 0. The van der Waals surface area contributed by atoms with Crippen molar-refractivity contribution in [3.05, 3.63) is 35.4 Å². The van der Waals surface area contributed by atoms with Crippen LogP contribution in [0.1, 0.15) is 18.9 Å². The molecule has 0 amide bonds. The molecule has 0 aliphatic carbocycles. The third kappa shape index (κ3) is 3.00. The molecule has 0 radical (unpaired) electrons. The second kappa shape index (κ2) is 5.23. The topological polar surface area (TPSA) is 38.3 Å². The molecule has 0 spiro atoms. The summed E-state index contributed by atoms with van der Waals surface area (Å²) in [6.45, 7) is 1.72. The minimum Gasteiger partial charge on any atom is -0.469 e. The fourth-order valence-corrected chi connectivity index (χ4v) is 1.53. The summed E-state index contributed by atoms with van der Waals surface area (Å²) in [6, 6.07) is 3.56. The number of rotatable bonds is 4. The lowest BCUT2D eigenvalue weighted by Gasteiger charge is -2.28. The van der Waals surface area contributed by atoms with Crippen LogP contribution < -0.4 is 5.32 Å². The number of esters is 1. The van der Waals surface area contributed by atoms with Gasteiger partial charge in [-0.1, -0.05) is 6.07 Å². The molecule has 0 aliphatic rings. The molecule has 5 heteroatoms. The zero-order valence-electron chi connectivity index (χ0n) is 10.0. The van der Waals surface area contributed by atoms with Crippen molar-refractivity contribution in [2.45, 2.75) is 18.9 Å². The fourth-order valence-electron chi connectivity index (χ4n) is 1.53. The summed E-state index contributed by atoms with van der Waals surface area (Å²) in [6.07, 6.45) is 0.0328. The van der Waals surface area contributed by atoms with Gasteiger partial charge >= 0.3 is 5.97 Å². The monoisotopic (exact) mass is 243 g/mol. The lowest BCUT2D eigenvalue weighted by molar-refractivity contribution is -0.142. The van der Waals surface area contributed by atoms with Gasteiger partial charge in [-0.3, -0.25) is 4.79 Å². The van der Waals surface area contributed by atoms with Crippen molar-refractivity contribution in [2.75, 3.05) is 14.2 Å². The summed E-state index contributed by atoms with van der Waals surface area (Å²) in [4.78, 5) is 11.3. The third-order valence-corrected chi connectivity index (χ3v) is 2.83. The van der Waals surface area contributed by atoms with Gasteiger partial charge in [-0.05, 0) is 31.7 Å². The molecular formula is C12H15F2NO2. The third-order valence-electron chi connectivity index (χ3n) is 2.83. The van der Waals surface area contributed by atoms with Crippen LogP contribution in [0.3, 0.4) is 0 Å². The quantitative estimate of drug-likeness (QED) is 0.821. The molecule has 17 heavy (non-hydrogen) atoms. The largest absolute Gasteiger partial charge is 0.469 e. The molecule has 0 fully saturated rings. The molecule has 0 saturated carbocycles. The molecular weight excluding hydrogens is 228 g/mol. The number of hydrogen-bond acceptors (Lipinski definition) is 3. The number of hydrogen-bond donors (Lipinski definition) is 1. The van der Waals surface area contributed by atoms with Crippen molar-refractivity contribution in [2.24, 2.45) is 0 Å². The van der Waals surface area contributed by atoms with Crippen LogP contribution in [0.2, 0.25) is 0 Å². The predicted molar refractivity (Wildman–Crippen MR) is 59.4 cm³/mol. The second-order valence-electron chi connectivity index (χ2n) is 3.96. The fraction of sp³-hybridized carbons (Fsp3) is 0.417. The van der Waals surface area contributed by atoms with E-state index in [-0.39, 0.29) is 6.42 Å². The van der Waals surface area contributed by atoms with Gasteiger partial charge in [0.25, 0.3) is 0 Å². The standard InChI is InChI=1S/C12H15F2NO2/c1-12(15-2,7-11(16)17-3)8-4-5-9(13)10(14)6-8/h4-6,15H,7H2,1-3H3. The van der Waals surface area contributed by atoms with E-state index < -0.39 is 23.1 Å². The zero-order chi connectivity index (χ0) is 13.1. The van der Waals surface area contributed by atoms with Crippen molar-refractivity contribution in [1.82, 2.24) is 5.32 Å². The van der Waals surface area contributed by atoms with E-state index in [0.717, 1.165) is 12.1 Å². The number of halogens is 2. The number of nitrogens with one attached hydrogen (secondary N) is 1. The number of ether oxygens (including phenoxy) is 1. The lowest BCUT2D eigenvalue weighted by atomic mass is 9.88. The van der Waals surface area contributed by atoms with Crippen LogP contribution in [0.4, 0.5) is 8.78 Å². The molecule has 1 N–H and O–H groups in total. The summed E-state index contributed by atoms with van der Waals surface area (Å²) in [5.41, 5.74) is -0.300. The van der Waals surface area contributed by atoms with Crippen molar-refractivity contribution in [1.29, 1.82) is 0 Å². The van der Waals surface area contributed by atoms with Crippen LogP contribution >= 0.6 is 0 Å². The summed E-state index contributed by atoms with van der Waals surface area (Å²) in [7, 11) is 2.92. The van der Waals surface area contributed by atoms with Gasteiger partial charge in [0.1, 0.15) is 0 Å². The Morgan fingerprint density at radius 2 is 2.06 bits per heavy atom. The molecule has 0 heterocycles. The number of methoxy groups -OCH3 is 1. The highest BCUT2D eigenvalue weighted by Crippen LogP contribution is 2.26. The first kappa shape index (κ1) is 13.6. The van der Waals surface area contributed by atoms with E-state index in [1.54, 1.807) is 14.0 Å². The van der Waals surface area contributed by atoms with Crippen molar-refractivity contribution >= 4 is 5.97 Å². The van der Waals surface area contributed by atoms with Gasteiger partial charge in [0.15, 0.2) is 11.6 Å². The number of carbonyl (C=O) groups is 1. The first-order chi connectivity index (χ1) is 7.92. The maximum atomic E-state index is 13.1. The highest BCUT2D eigenvalue weighted by Gasteiger charge is 2.29. The van der Waals surface area contributed by atoms with Gasteiger partial charge in [0.2, 0.25) is 0 Å². The summed E-state index contributed by atoms with van der Waals surface area (Å²) in [5.74, 6) is -2.27. The Hall–Kier alpha value is -1.49. The van der Waals surface area contributed by atoms with E-state index in [4.69, 9.17) is 0 Å². The normalized spacial score (nSPS) is 14.2. The van der Waals surface area contributed by atoms with Crippen molar-refractivity contribution < 1.29 is 18.3 Å². The molecule has 0 aliphatic heterocycles. The minimum absolute atomic E-state index is 0.0328. The van der Waals surface area contributed by atoms with E-state index in [1.165, 1.54) is 13.2 Å². The van der Waals surface area contributed by atoms with Crippen molar-refractivity contribution in [3.8, 4) is 0 Å². The Labute approximate surface area is 98.8 Å². The first-order valence-corrected chi connectivity index (χ1v) is 5.14. The first-order valence-electron chi connectivity index (χ1n) is 5.14. The van der Waals surface area contributed by atoms with Crippen LogP contribution in [-0.2, 0) is 15.1 Å². The molecule has 1 unspecified atom stereocenters. The highest BCUT2D eigenvalue weighted by atomic mass is 19.2. The average molecular weight is 243 g/mol. The smallest absolute Gasteiger partial charge is 0.307 e. The molecule has 1 atom stereocenters. The predicted octanol–water partition coefficient (Wildman–Crippen LogP) is 1.96. The van der Waals surface area contributed by atoms with Gasteiger partial charge in [-0.2, -0.15) is 0 Å². The molecule has 1 aromatic rings. The van der Waals surface area contributed by atoms with E-state index in [9.17, 15) is 13.6 Å². The van der Waals surface area contributed by atoms with Crippen LogP contribution in [0, 0.1) is 11.6 Å². The maximum Gasteiger partial charge on any atom is 0.307 e. The van der Waals surface area contributed by atoms with E-state index in [1.807, 2.05) is 0 Å². The molecule has 0 bridgehead atoms. The van der Waals surface area contributed by atoms with Gasteiger partial charge in [-0.25, -0.2) is 8.78 Å². The number of carbonyl (C=O) groups excluding carboxylic acids is 1. The van der Waals surface area contributed by atoms with E-state index >= 15 is 0 Å². The minimum atomic E-state index is -0.936. The van der Waals surface area contributed by atoms with Gasteiger partial charge in [0, 0.05) is 0 Å². The van der Waals surface area contributed by atoms with E-state index in [0.29, 0.717) is 5.56 Å². The van der Waals surface area contributed by atoms with Crippen LogP contribution in [0.15, 0.2) is 18.2 Å². The lowest BCUT2D eigenvalue weighted by Crippen LogP contribution is -2.39. The Kier molecular flexibility index (Phi) is 4.17. The van der Waals surface area contributed by atoms with Crippen LogP contribution in [0.25, 0.3) is 0 Å². The van der Waals surface area contributed by atoms with Gasteiger partial charge in [0.05, 0.1) is 19.1 Å². The zero-order valence-corrected chi connectivity index (χ0v) is 10.0. The Bertz CT molecular complexity index is 423. The van der Waals surface area contributed by atoms with Gasteiger partial charge < -0.3 is 10.1 Å². The Morgan fingerprint density at radius 1 is 1.41 bits per heavy atom. The average Bonchev–Trinajstić information content (AvgIpc) is 2.32. The summed E-state index contributed by atoms with van der Waals surface area (Å²) in [5, 5.41) is 2.92. The van der Waals surface area contributed by atoms with Crippen LogP contribution in [-0.4, -0.2) is 20.1 Å². The molecule has 3 nitrogen and oxygen atoms in total. The summed E-state index contributed by atoms with van der Waals surface area (Å²) < 4.78 is 30.6. The maximum absolute atomic E-state index is 13.1. The Morgan fingerprint density at radius 3 is 2.53 bits per heavy atom.